The Kier molecular flexibility index (Phi) is 4.11. The van der Waals surface area contributed by atoms with Crippen LogP contribution in [0.4, 0.5) is 0 Å². The summed E-state index contributed by atoms with van der Waals surface area (Å²) in [6.45, 7) is 4.33. The van der Waals surface area contributed by atoms with Crippen LogP contribution in [0.2, 0.25) is 0 Å². The highest BCUT2D eigenvalue weighted by Crippen LogP contribution is 2.20. The van der Waals surface area contributed by atoms with E-state index in [4.69, 9.17) is 0 Å². The molecule has 1 heterocycles. The molecule has 2 nitrogen and oxygen atoms in total. The van der Waals surface area contributed by atoms with Gasteiger partial charge in [-0.2, -0.15) is 0 Å². The van der Waals surface area contributed by atoms with Crippen molar-refractivity contribution in [2.24, 2.45) is 0 Å². The first-order valence-electron chi connectivity index (χ1n) is 6.34. The van der Waals surface area contributed by atoms with E-state index in [0.29, 0.717) is 12.3 Å². The molecule has 1 N–H and O–H groups in total. The van der Waals surface area contributed by atoms with Crippen molar-refractivity contribution < 1.29 is 5.11 Å². The zero-order valence-electron chi connectivity index (χ0n) is 10.9. The predicted octanol–water partition coefficient (Wildman–Crippen LogP) is 3.48. The number of aliphatic hydroxyl groups excluding tert-OH is 1. The van der Waals surface area contributed by atoms with Gasteiger partial charge in [0.25, 0.3) is 0 Å². The van der Waals surface area contributed by atoms with Gasteiger partial charge in [-0.1, -0.05) is 44.2 Å². The molecule has 94 valence electrons. The van der Waals surface area contributed by atoms with E-state index >= 15 is 0 Å². The number of rotatable bonds is 4. The molecule has 1 aromatic heterocycles. The summed E-state index contributed by atoms with van der Waals surface area (Å²) < 4.78 is 0. The van der Waals surface area contributed by atoms with Gasteiger partial charge < -0.3 is 5.11 Å². The number of hydrogen-bond donors (Lipinski definition) is 1. The van der Waals surface area contributed by atoms with Gasteiger partial charge in [-0.25, -0.2) is 0 Å². The number of hydrogen-bond acceptors (Lipinski definition) is 2. The molecule has 1 unspecified atom stereocenters. The number of nitrogens with zero attached hydrogens (tertiary/aromatic N) is 1. The van der Waals surface area contributed by atoms with Crippen LogP contribution in [0.1, 0.15) is 42.7 Å². The van der Waals surface area contributed by atoms with Crippen LogP contribution >= 0.6 is 0 Å². The molecule has 0 amide bonds. The highest BCUT2D eigenvalue weighted by molar-refractivity contribution is 5.26. The number of aromatic nitrogens is 1. The predicted molar refractivity (Wildman–Crippen MR) is 73.4 cm³/mol. The van der Waals surface area contributed by atoms with E-state index in [0.717, 1.165) is 11.3 Å². The molecule has 2 aromatic rings. The fourth-order valence-electron chi connectivity index (χ4n) is 1.94. The molecule has 2 heteroatoms. The first kappa shape index (κ1) is 12.8. The van der Waals surface area contributed by atoms with E-state index < -0.39 is 6.10 Å². The maximum atomic E-state index is 10.2. The Balaban J connectivity index is 2.07. The van der Waals surface area contributed by atoms with E-state index in [1.807, 2.05) is 30.3 Å². The lowest BCUT2D eigenvalue weighted by molar-refractivity contribution is 0.177. The average molecular weight is 241 g/mol. The molecule has 0 spiro atoms. The highest BCUT2D eigenvalue weighted by Gasteiger charge is 2.09. The normalized spacial score (nSPS) is 12.7. The summed E-state index contributed by atoms with van der Waals surface area (Å²) in [6, 6.07) is 13.9. The molecule has 18 heavy (non-hydrogen) atoms. The lowest BCUT2D eigenvalue weighted by Crippen LogP contribution is -2.03. The minimum absolute atomic E-state index is 0.485. The summed E-state index contributed by atoms with van der Waals surface area (Å²) in [5, 5.41) is 10.2. The van der Waals surface area contributed by atoms with E-state index in [-0.39, 0.29) is 0 Å². The third-order valence-electron chi connectivity index (χ3n) is 3.12. The Hall–Kier alpha value is -1.67. The summed E-state index contributed by atoms with van der Waals surface area (Å²) in [7, 11) is 0. The van der Waals surface area contributed by atoms with Crippen LogP contribution in [0.5, 0.6) is 0 Å². The third kappa shape index (κ3) is 3.17. The Morgan fingerprint density at radius 2 is 1.67 bits per heavy atom. The second-order valence-corrected chi connectivity index (χ2v) is 4.86. The van der Waals surface area contributed by atoms with Crippen molar-refractivity contribution in [2.45, 2.75) is 32.3 Å². The molecule has 0 radical (unpaired) electrons. The van der Waals surface area contributed by atoms with Crippen molar-refractivity contribution in [2.75, 3.05) is 0 Å². The van der Waals surface area contributed by atoms with Gasteiger partial charge in [0.15, 0.2) is 0 Å². The monoisotopic (exact) mass is 241 g/mol. The molecule has 0 saturated heterocycles. The van der Waals surface area contributed by atoms with Crippen LogP contribution in [0, 0.1) is 0 Å². The minimum Gasteiger partial charge on any atom is -0.388 e. The molecular weight excluding hydrogens is 222 g/mol. The van der Waals surface area contributed by atoms with E-state index in [2.05, 4.69) is 31.0 Å². The van der Waals surface area contributed by atoms with E-state index in [9.17, 15) is 5.11 Å². The molecule has 0 aliphatic rings. The molecule has 1 atom stereocenters. The van der Waals surface area contributed by atoms with E-state index in [1.165, 1.54) is 5.56 Å². The van der Waals surface area contributed by atoms with Crippen LogP contribution in [-0.4, -0.2) is 10.1 Å². The van der Waals surface area contributed by atoms with Crippen LogP contribution in [0.25, 0.3) is 0 Å². The van der Waals surface area contributed by atoms with Crippen LogP contribution in [0.3, 0.4) is 0 Å². The number of benzene rings is 1. The summed E-state index contributed by atoms with van der Waals surface area (Å²) in [5.41, 5.74) is 3.16. The van der Waals surface area contributed by atoms with Crippen molar-refractivity contribution >= 4 is 0 Å². The lowest BCUT2D eigenvalue weighted by atomic mass is 9.98. The molecule has 1 aromatic carbocycles. The topological polar surface area (TPSA) is 33.1 Å². The molecule has 0 fully saturated rings. The zero-order chi connectivity index (χ0) is 13.0. The van der Waals surface area contributed by atoms with Gasteiger partial charge in [-0.05, 0) is 29.2 Å². The average Bonchev–Trinajstić information content (AvgIpc) is 2.40. The maximum Gasteiger partial charge on any atom is 0.0845 e. The fourth-order valence-corrected chi connectivity index (χ4v) is 1.94. The molecule has 0 saturated carbocycles. The molecular formula is C16H19NO. The van der Waals surface area contributed by atoms with Gasteiger partial charge >= 0.3 is 0 Å². The minimum atomic E-state index is -0.485. The molecule has 2 rings (SSSR count). The molecule has 0 aliphatic carbocycles. The Morgan fingerprint density at radius 1 is 1.00 bits per heavy atom. The molecule has 0 bridgehead atoms. The second-order valence-electron chi connectivity index (χ2n) is 4.86. The lowest BCUT2D eigenvalue weighted by Gasteiger charge is -2.12. The molecule has 0 aliphatic heterocycles. The van der Waals surface area contributed by atoms with Gasteiger partial charge in [0, 0.05) is 18.3 Å². The summed E-state index contributed by atoms with van der Waals surface area (Å²) in [5.74, 6) is 0.520. The van der Waals surface area contributed by atoms with Gasteiger partial charge in [0.05, 0.1) is 6.10 Å². The maximum absolute atomic E-state index is 10.2. The number of pyridine rings is 1. The largest absolute Gasteiger partial charge is 0.388 e. The standard InChI is InChI=1S/C16H19NO/c1-12(2)13-6-8-14(9-7-13)16(18)11-15-5-3-4-10-17-15/h3-10,12,16,18H,11H2,1-2H3. The van der Waals surface area contributed by atoms with Crippen molar-refractivity contribution in [3.8, 4) is 0 Å². The van der Waals surface area contributed by atoms with Gasteiger partial charge in [-0.3, -0.25) is 4.98 Å². The van der Waals surface area contributed by atoms with Crippen LogP contribution in [-0.2, 0) is 6.42 Å². The highest BCUT2D eigenvalue weighted by atomic mass is 16.3. The smallest absolute Gasteiger partial charge is 0.0845 e. The fraction of sp³-hybridized carbons (Fsp3) is 0.312. The van der Waals surface area contributed by atoms with Crippen LogP contribution < -0.4 is 0 Å². The van der Waals surface area contributed by atoms with Crippen molar-refractivity contribution in [1.82, 2.24) is 4.98 Å². The summed E-state index contributed by atoms with van der Waals surface area (Å²) in [4.78, 5) is 4.23. The third-order valence-corrected chi connectivity index (χ3v) is 3.12. The zero-order valence-corrected chi connectivity index (χ0v) is 10.9. The van der Waals surface area contributed by atoms with Crippen LogP contribution in [0.15, 0.2) is 48.7 Å². The number of aliphatic hydroxyl groups is 1. The quantitative estimate of drug-likeness (QED) is 0.889. The Morgan fingerprint density at radius 3 is 2.22 bits per heavy atom. The van der Waals surface area contributed by atoms with E-state index in [1.54, 1.807) is 6.20 Å². The van der Waals surface area contributed by atoms with Crippen molar-refractivity contribution in [3.05, 3.63) is 65.5 Å². The Labute approximate surface area is 108 Å². The first-order valence-corrected chi connectivity index (χ1v) is 6.34. The Bertz CT molecular complexity index is 476. The van der Waals surface area contributed by atoms with Crippen molar-refractivity contribution in [3.63, 3.8) is 0 Å². The SMILES string of the molecule is CC(C)c1ccc(C(O)Cc2ccccn2)cc1. The summed E-state index contributed by atoms with van der Waals surface area (Å²) in [6.07, 6.45) is 1.83. The van der Waals surface area contributed by atoms with Gasteiger partial charge in [-0.15, -0.1) is 0 Å². The first-order chi connectivity index (χ1) is 8.66. The van der Waals surface area contributed by atoms with Crippen molar-refractivity contribution in [1.29, 1.82) is 0 Å². The second kappa shape index (κ2) is 5.78. The van der Waals surface area contributed by atoms with Gasteiger partial charge in [0.2, 0.25) is 0 Å². The van der Waals surface area contributed by atoms with Gasteiger partial charge in [0.1, 0.15) is 0 Å². The summed E-state index contributed by atoms with van der Waals surface area (Å²) >= 11 is 0.